The van der Waals surface area contributed by atoms with Crippen molar-refractivity contribution in [2.75, 3.05) is 0 Å². The summed E-state index contributed by atoms with van der Waals surface area (Å²) in [6.45, 7) is 4.09. The monoisotopic (exact) mass is 473 g/mol. The number of aliphatic carboxylic acids is 3. The third-order valence-electron chi connectivity index (χ3n) is 5.15. The third-order valence-corrected chi connectivity index (χ3v) is 5.15. The van der Waals surface area contributed by atoms with Gasteiger partial charge in [-0.1, -0.05) is 46.0 Å². The van der Waals surface area contributed by atoms with Gasteiger partial charge in [0.2, 0.25) is 0 Å². The first-order valence-electron chi connectivity index (χ1n) is 10.3. The normalized spacial score (nSPS) is 19.1. The average Bonchev–Trinajstić information content (AvgIpc) is 2.60. The molecule has 4 atom stereocenters. The molecule has 0 aliphatic heterocycles. The van der Waals surface area contributed by atoms with E-state index in [4.69, 9.17) is 21.1 Å². The molecule has 0 heterocycles. The van der Waals surface area contributed by atoms with Crippen molar-refractivity contribution in [2.24, 2.45) is 17.6 Å². The van der Waals surface area contributed by atoms with Gasteiger partial charge in [-0.25, -0.2) is 4.79 Å². The number of nitrogens with two attached hydrogens (primary N) is 1. The van der Waals surface area contributed by atoms with E-state index in [1.54, 1.807) is 0 Å². The molecule has 0 aromatic heterocycles. The van der Waals surface area contributed by atoms with E-state index in [1.807, 2.05) is 13.8 Å². The summed E-state index contributed by atoms with van der Waals surface area (Å²) in [6.07, 6.45) is 4.00. The molecular weight excluding hydrogens is 437 g/mol. The van der Waals surface area contributed by atoms with E-state index in [1.165, 1.54) is 32.1 Å². The fourth-order valence-corrected chi connectivity index (χ4v) is 3.56. The van der Waals surface area contributed by atoms with Crippen molar-refractivity contribution in [3.63, 3.8) is 0 Å². The molecule has 176 valence electrons. The van der Waals surface area contributed by atoms with Crippen LogP contribution in [0.25, 0.3) is 0 Å². The molecule has 0 saturated heterocycles. The van der Waals surface area contributed by atoms with Crippen molar-refractivity contribution in [1.29, 1.82) is 0 Å². The molecule has 11 heteroatoms. The third kappa shape index (κ3) is 14.6. The maximum absolute atomic E-state index is 10.3. The van der Waals surface area contributed by atoms with Crippen LogP contribution in [0.1, 0.15) is 71.6 Å². The predicted molar refractivity (Wildman–Crippen MR) is 105 cm³/mol. The number of aliphatic hydroxyl groups excluding tert-OH is 2. The van der Waals surface area contributed by atoms with Crippen molar-refractivity contribution in [1.82, 2.24) is 0 Å². The Balaban J connectivity index is 0. The van der Waals surface area contributed by atoms with Gasteiger partial charge in [0.25, 0.3) is 0 Å². The summed E-state index contributed by atoms with van der Waals surface area (Å²) in [4.78, 5) is 30.3. The van der Waals surface area contributed by atoms with Crippen LogP contribution in [0.15, 0.2) is 0 Å². The van der Waals surface area contributed by atoms with E-state index in [0.717, 1.165) is 6.42 Å². The molecule has 0 bridgehead atoms. The van der Waals surface area contributed by atoms with Gasteiger partial charge in [0.15, 0.2) is 5.60 Å². The molecule has 0 spiro atoms. The van der Waals surface area contributed by atoms with E-state index in [2.05, 4.69) is 0 Å². The first-order chi connectivity index (χ1) is 13.8. The van der Waals surface area contributed by atoms with Gasteiger partial charge >= 0.3 is 63.3 Å². The van der Waals surface area contributed by atoms with Crippen molar-refractivity contribution in [3.8, 4) is 0 Å². The maximum Gasteiger partial charge on any atom is 1.00 e. The number of carboxylic acids is 3. The van der Waals surface area contributed by atoms with Crippen LogP contribution in [-0.4, -0.2) is 67.3 Å². The van der Waals surface area contributed by atoms with Gasteiger partial charge in [-0.3, -0.25) is 4.79 Å². The molecule has 1 aliphatic rings. The van der Waals surface area contributed by atoms with Gasteiger partial charge in [-0.05, 0) is 24.7 Å². The number of rotatable bonds is 11. The molecule has 1 fully saturated rings. The fraction of sp³-hybridized carbons (Fsp3) is 0.850. The summed E-state index contributed by atoms with van der Waals surface area (Å²) >= 11 is 0. The van der Waals surface area contributed by atoms with E-state index in [0.29, 0.717) is 18.3 Å². The van der Waals surface area contributed by atoms with Crippen LogP contribution >= 0.6 is 0 Å². The van der Waals surface area contributed by atoms with Crippen molar-refractivity contribution in [2.45, 2.75) is 95.5 Å². The average molecular weight is 474 g/mol. The topological polar surface area (TPSA) is 201 Å². The molecule has 0 aromatic carbocycles. The minimum absolute atomic E-state index is 0. The second kappa shape index (κ2) is 16.5. The van der Waals surface area contributed by atoms with Crippen LogP contribution in [0.3, 0.4) is 0 Å². The zero-order valence-electron chi connectivity index (χ0n) is 18.7. The van der Waals surface area contributed by atoms with Gasteiger partial charge < -0.3 is 41.2 Å². The Hall–Kier alpha value is -0.114. The molecule has 1 unspecified atom stereocenters. The zero-order valence-corrected chi connectivity index (χ0v) is 21.8. The van der Waals surface area contributed by atoms with Gasteiger partial charge in [-0.15, -0.1) is 0 Å². The van der Waals surface area contributed by atoms with Crippen LogP contribution in [0.4, 0.5) is 0 Å². The Labute approximate surface area is 225 Å². The Bertz CT molecular complexity index is 537. The van der Waals surface area contributed by atoms with Crippen molar-refractivity contribution >= 4 is 17.9 Å². The first-order valence-corrected chi connectivity index (χ1v) is 10.3. The van der Waals surface area contributed by atoms with Gasteiger partial charge in [-0.2, -0.15) is 0 Å². The number of aliphatic hydroxyl groups is 3. The van der Waals surface area contributed by atoms with Crippen LogP contribution in [0.5, 0.6) is 0 Å². The molecule has 0 amide bonds. The molecule has 1 saturated carbocycles. The minimum Gasteiger partial charge on any atom is -0.550 e. The van der Waals surface area contributed by atoms with Gasteiger partial charge in [0.05, 0.1) is 18.6 Å². The van der Waals surface area contributed by atoms with Gasteiger partial charge in [0, 0.05) is 18.4 Å². The molecule has 1 rings (SSSR count). The Kier molecular flexibility index (Phi) is 17.6. The van der Waals surface area contributed by atoms with E-state index < -0.39 is 48.6 Å². The summed E-state index contributed by atoms with van der Waals surface area (Å²) in [5.41, 5.74) is 3.21. The van der Waals surface area contributed by atoms with E-state index in [9.17, 15) is 29.7 Å². The smallest absolute Gasteiger partial charge is 0.550 e. The van der Waals surface area contributed by atoms with Crippen molar-refractivity contribution in [3.05, 3.63) is 0 Å². The van der Waals surface area contributed by atoms with Crippen LogP contribution in [0, 0.1) is 11.8 Å². The van der Waals surface area contributed by atoms with Crippen molar-refractivity contribution < 1.29 is 96.4 Å². The minimum atomic E-state index is -2.80. The molecule has 1 aliphatic carbocycles. The Morgan fingerprint density at radius 1 is 1.06 bits per heavy atom. The molecular formula is C20H36KNO9. The quantitative estimate of drug-likeness (QED) is 0.163. The van der Waals surface area contributed by atoms with E-state index in [-0.39, 0.29) is 57.4 Å². The summed E-state index contributed by atoms with van der Waals surface area (Å²) < 4.78 is 0. The molecule has 10 nitrogen and oxygen atoms in total. The number of carbonyl (C=O) groups is 3. The summed E-state index contributed by atoms with van der Waals surface area (Å²) in [6, 6.07) is -0.271. The van der Waals surface area contributed by atoms with Crippen LogP contribution in [0.2, 0.25) is 0 Å². The van der Waals surface area contributed by atoms with Crippen LogP contribution < -0.4 is 62.2 Å². The first kappa shape index (κ1) is 33.1. The predicted octanol–water partition coefficient (Wildman–Crippen LogP) is -3.53. The van der Waals surface area contributed by atoms with Gasteiger partial charge in [0.1, 0.15) is 0 Å². The Morgan fingerprint density at radius 2 is 1.58 bits per heavy atom. The second-order valence-corrected chi connectivity index (χ2v) is 8.55. The Morgan fingerprint density at radius 3 is 1.97 bits per heavy atom. The molecule has 31 heavy (non-hydrogen) atoms. The zero-order chi connectivity index (χ0) is 23.5. The summed E-state index contributed by atoms with van der Waals surface area (Å²) in [5.74, 6) is -4.29. The summed E-state index contributed by atoms with van der Waals surface area (Å²) in [5, 5.41) is 55.4. The number of carboxylic acid groups (broad SMARTS) is 3. The molecule has 7 N–H and O–H groups in total. The molecule has 0 aromatic rings. The largest absolute Gasteiger partial charge is 1.00 e. The second-order valence-electron chi connectivity index (χ2n) is 8.55. The SMILES string of the molecule is CC(C)C[C@H](O)[C@H](O)[C@@H](N)CC1CCCCC1.O=C([O-])CC(O)(CC(=O)O)C(=O)O.[K+]. The van der Waals surface area contributed by atoms with Crippen LogP contribution in [-0.2, 0) is 14.4 Å². The number of hydrogen-bond donors (Lipinski definition) is 6. The fourth-order valence-electron chi connectivity index (χ4n) is 3.56. The standard InChI is InChI=1S/C14H29NO2.C6H8O7.K/c1-10(2)8-13(16)14(17)12(15)9-11-6-4-3-5-7-11;7-3(8)1-6(13,5(11)12)2-4(9)10;/h10-14,16-17H,3-9,15H2,1-2H3;13H,1-2H2,(H,7,8)(H,9,10)(H,11,12);/q;;+1/p-1/t12-,13-,14+;;/m0../s1. The van der Waals surface area contributed by atoms with E-state index >= 15 is 0 Å². The number of carbonyl (C=O) groups excluding carboxylic acids is 1. The maximum atomic E-state index is 10.3. The molecule has 0 radical (unpaired) electrons. The summed E-state index contributed by atoms with van der Waals surface area (Å²) in [7, 11) is 0. The number of hydrogen-bond acceptors (Lipinski definition) is 8.